The van der Waals surface area contributed by atoms with Crippen molar-refractivity contribution in [1.82, 2.24) is 0 Å². The van der Waals surface area contributed by atoms with E-state index >= 15 is 0 Å². The maximum atomic E-state index is 3.73. The molecule has 0 heterocycles. The van der Waals surface area contributed by atoms with Gasteiger partial charge in [-0.15, -0.1) is 0 Å². The van der Waals surface area contributed by atoms with Gasteiger partial charge in [-0.25, -0.2) is 0 Å². The zero-order valence-electron chi connectivity index (χ0n) is 14.8. The van der Waals surface area contributed by atoms with Crippen molar-refractivity contribution in [3.05, 3.63) is 93.0 Å². The standard InChI is InChI=1S/C13H9.C10H8Br.2ClH.Zr/c1-3-7-12-10(5-1)9-11-6-2-4-8-13(11)12;1-7-5-8-3-2-4-10(11)9(8)6-7;;;/h1-5,7-8H,9H2;2-6H,1H3;2*1H;/q;;;;+2/p-2. The monoisotopic (exact) mass is 532 g/mol. The molecule has 3 aromatic rings. The van der Waals surface area contributed by atoms with Crippen LogP contribution < -0.4 is 28.1 Å². The molecule has 0 saturated carbocycles. The number of allylic oxidation sites excluding steroid dienone is 1. The first-order valence-electron chi connectivity index (χ1n) is 8.65. The molecule has 0 fully saturated rings. The summed E-state index contributed by atoms with van der Waals surface area (Å²) in [5, 5.41) is 0. The fourth-order valence-electron chi connectivity index (χ4n) is 4.15. The summed E-state index contributed by atoms with van der Waals surface area (Å²) in [6.45, 7) is 2.32. The smallest absolute Gasteiger partial charge is 1.00 e. The van der Waals surface area contributed by atoms with Gasteiger partial charge < -0.3 is 24.8 Å². The molecule has 0 saturated heterocycles. The van der Waals surface area contributed by atoms with Crippen molar-refractivity contribution in [2.45, 2.75) is 17.0 Å². The Bertz CT molecular complexity index is 1040. The van der Waals surface area contributed by atoms with Crippen LogP contribution in [0.3, 0.4) is 0 Å². The Morgan fingerprint density at radius 1 is 0.889 bits per heavy atom. The molecule has 1 atom stereocenters. The van der Waals surface area contributed by atoms with Crippen LogP contribution in [-0.4, -0.2) is 0 Å². The fraction of sp³-hybridized carbons (Fsp3) is 0.130. The summed E-state index contributed by atoms with van der Waals surface area (Å²) in [6, 6.07) is 22.6. The van der Waals surface area contributed by atoms with Gasteiger partial charge in [0.15, 0.2) is 0 Å². The van der Waals surface area contributed by atoms with Gasteiger partial charge in [-0.2, -0.15) is 0 Å². The van der Waals surface area contributed by atoms with E-state index < -0.39 is 23.2 Å². The minimum atomic E-state index is -0.773. The van der Waals surface area contributed by atoms with Gasteiger partial charge in [0.25, 0.3) is 0 Å². The average Bonchev–Trinajstić information content (AvgIpc) is 3.15. The molecule has 0 nitrogen and oxygen atoms in total. The van der Waals surface area contributed by atoms with Crippen molar-refractivity contribution < 1.29 is 48.0 Å². The van der Waals surface area contributed by atoms with E-state index in [0.717, 1.165) is 6.42 Å². The zero-order chi connectivity index (χ0) is 17.0. The van der Waals surface area contributed by atoms with E-state index in [1.807, 2.05) is 0 Å². The van der Waals surface area contributed by atoms with Gasteiger partial charge >= 0.3 is 170 Å². The summed E-state index contributed by atoms with van der Waals surface area (Å²) in [5.41, 5.74) is 10.5. The van der Waals surface area contributed by atoms with Crippen LogP contribution in [0.25, 0.3) is 17.2 Å². The Balaban J connectivity index is 0.00000105. The Kier molecular flexibility index (Phi) is 6.53. The molecule has 0 spiro atoms. The van der Waals surface area contributed by atoms with Gasteiger partial charge in [-0.1, -0.05) is 0 Å². The summed E-state index contributed by atoms with van der Waals surface area (Å²) in [5.74, 6) is 0. The molecule has 0 aliphatic heterocycles. The van der Waals surface area contributed by atoms with E-state index in [9.17, 15) is 0 Å². The van der Waals surface area contributed by atoms with Crippen LogP contribution >= 0.6 is 15.9 Å². The zero-order valence-corrected chi connectivity index (χ0v) is 20.3. The van der Waals surface area contributed by atoms with E-state index in [-0.39, 0.29) is 24.8 Å². The van der Waals surface area contributed by atoms with Crippen LogP contribution in [0.5, 0.6) is 0 Å². The quantitative estimate of drug-likeness (QED) is 0.337. The van der Waals surface area contributed by atoms with Gasteiger partial charge in [0.05, 0.1) is 0 Å². The molecular weight excluding hydrogens is 518 g/mol. The fourth-order valence-corrected chi connectivity index (χ4v) is 8.63. The SMILES string of the molecule is CC1=Cc2c(Br)cccc2[CH]1[Zr+2][c]1cccc2c1Cc1ccccc1-2.[Cl-].[Cl-]. The minimum Gasteiger partial charge on any atom is -1.00 e. The number of halogens is 3. The van der Waals surface area contributed by atoms with E-state index in [1.54, 1.807) is 14.4 Å². The predicted octanol–water partition coefficient (Wildman–Crippen LogP) is -0.106. The van der Waals surface area contributed by atoms with Crippen LogP contribution in [0.15, 0.2) is 70.7 Å². The van der Waals surface area contributed by atoms with Crippen molar-refractivity contribution in [3.8, 4) is 11.1 Å². The van der Waals surface area contributed by atoms with E-state index in [2.05, 4.69) is 89.6 Å². The molecule has 2 aliphatic carbocycles. The van der Waals surface area contributed by atoms with Crippen molar-refractivity contribution in [3.63, 3.8) is 0 Å². The van der Waals surface area contributed by atoms with Crippen molar-refractivity contribution in [2.75, 3.05) is 0 Å². The molecule has 2 aliphatic rings. The van der Waals surface area contributed by atoms with E-state index in [0.29, 0.717) is 3.63 Å². The Morgan fingerprint density at radius 2 is 1.63 bits per heavy atom. The number of hydrogen-bond acceptors (Lipinski definition) is 0. The Hall–Kier alpha value is -0.657. The van der Waals surface area contributed by atoms with Gasteiger partial charge in [-0.3, -0.25) is 0 Å². The van der Waals surface area contributed by atoms with Gasteiger partial charge in [0.2, 0.25) is 0 Å². The normalized spacial score (nSPS) is 15.5. The topological polar surface area (TPSA) is 0 Å². The molecule has 134 valence electrons. The predicted molar refractivity (Wildman–Crippen MR) is 105 cm³/mol. The number of benzene rings is 3. The van der Waals surface area contributed by atoms with Crippen LogP contribution in [0, 0.1) is 0 Å². The third kappa shape index (κ3) is 3.55. The Labute approximate surface area is 193 Å². The maximum absolute atomic E-state index is 3.73. The third-order valence-electron chi connectivity index (χ3n) is 5.38. The molecular formula is C23H17BrCl2Zr. The first-order chi connectivity index (χ1) is 12.2. The first kappa shape index (κ1) is 21.1. The van der Waals surface area contributed by atoms with Crippen molar-refractivity contribution >= 4 is 25.3 Å². The second-order valence-electron chi connectivity index (χ2n) is 6.87. The number of fused-ring (bicyclic) bond motifs is 4. The van der Waals surface area contributed by atoms with Gasteiger partial charge in [0.1, 0.15) is 0 Å². The molecule has 0 bridgehead atoms. The average molecular weight is 535 g/mol. The molecule has 1 unspecified atom stereocenters. The largest absolute Gasteiger partial charge is 1.00 e. The van der Waals surface area contributed by atoms with Crippen LogP contribution in [0.2, 0.25) is 0 Å². The summed E-state index contributed by atoms with van der Waals surface area (Å²) in [4.78, 5) is 0. The second-order valence-corrected chi connectivity index (χ2v) is 11.2. The maximum Gasteiger partial charge on any atom is -1.00 e. The summed E-state index contributed by atoms with van der Waals surface area (Å²) >= 11 is 2.96. The molecule has 0 amide bonds. The molecule has 4 heteroatoms. The second kappa shape index (κ2) is 8.38. The summed E-state index contributed by atoms with van der Waals surface area (Å²) in [6.07, 6.45) is 3.51. The van der Waals surface area contributed by atoms with E-state index in [4.69, 9.17) is 0 Å². The minimum absolute atomic E-state index is 0. The first-order valence-corrected chi connectivity index (χ1v) is 12.1. The third-order valence-corrected chi connectivity index (χ3v) is 10.6. The Morgan fingerprint density at radius 3 is 2.48 bits per heavy atom. The molecule has 3 aromatic carbocycles. The van der Waals surface area contributed by atoms with Gasteiger partial charge in [0, 0.05) is 0 Å². The van der Waals surface area contributed by atoms with Crippen LogP contribution in [0.4, 0.5) is 0 Å². The number of hydrogen-bond donors (Lipinski definition) is 0. The number of rotatable bonds is 2. The van der Waals surface area contributed by atoms with Crippen molar-refractivity contribution in [1.29, 1.82) is 0 Å². The molecule has 0 N–H and O–H groups in total. The molecule has 5 rings (SSSR count). The van der Waals surface area contributed by atoms with E-state index in [1.165, 1.54) is 32.3 Å². The summed E-state index contributed by atoms with van der Waals surface area (Å²) < 4.78 is 3.56. The van der Waals surface area contributed by atoms with Crippen molar-refractivity contribution in [2.24, 2.45) is 0 Å². The summed E-state index contributed by atoms with van der Waals surface area (Å²) in [7, 11) is 0. The molecule has 0 aromatic heterocycles. The van der Waals surface area contributed by atoms with Crippen LogP contribution in [-0.2, 0) is 29.7 Å². The molecule has 0 radical (unpaired) electrons. The molecule has 27 heavy (non-hydrogen) atoms. The van der Waals surface area contributed by atoms with Gasteiger partial charge in [-0.05, 0) is 0 Å². The van der Waals surface area contributed by atoms with Crippen LogP contribution in [0.1, 0.15) is 32.8 Å².